The Hall–Kier alpha value is -3.02. The lowest BCUT2D eigenvalue weighted by Crippen LogP contribution is -2.30. The fourth-order valence-corrected chi connectivity index (χ4v) is 2.38. The molecule has 2 heterocycles. The van der Waals surface area contributed by atoms with E-state index in [0.717, 1.165) is 11.4 Å². The molecule has 1 atom stereocenters. The van der Waals surface area contributed by atoms with Crippen LogP contribution in [0.2, 0.25) is 0 Å². The maximum absolute atomic E-state index is 12.4. The summed E-state index contributed by atoms with van der Waals surface area (Å²) in [5.74, 6) is 1.39. The van der Waals surface area contributed by atoms with Crippen LogP contribution < -0.4 is 10.1 Å². The second-order valence-electron chi connectivity index (χ2n) is 5.06. The molecule has 6 nitrogen and oxygen atoms in total. The topological polar surface area (TPSA) is 69.3 Å². The van der Waals surface area contributed by atoms with E-state index in [0.29, 0.717) is 5.75 Å². The minimum Gasteiger partial charge on any atom is -0.497 e. The summed E-state index contributed by atoms with van der Waals surface area (Å²) < 4.78 is 12.3. The molecular weight excluding hydrogens is 294 g/mol. The number of benzene rings is 1. The Balaban J connectivity index is 1.97. The van der Waals surface area contributed by atoms with Crippen LogP contribution in [0, 0.1) is 0 Å². The van der Waals surface area contributed by atoms with Crippen LogP contribution in [0.5, 0.6) is 5.75 Å². The molecule has 0 aliphatic rings. The van der Waals surface area contributed by atoms with Crippen LogP contribution in [0.15, 0.2) is 59.5 Å². The maximum atomic E-state index is 12.4. The number of aromatic nitrogens is 2. The standard InChI is InChI=1S/C17H17N3O3/c1-20-9-8-18-16(20)15(12-5-3-6-13(11-12)22-2)19-17(21)14-7-4-10-23-14/h3-11,15H,1-2H3,(H,19,21). The molecule has 0 spiro atoms. The molecule has 2 aromatic heterocycles. The molecule has 0 aliphatic heterocycles. The first-order valence-corrected chi connectivity index (χ1v) is 7.14. The summed E-state index contributed by atoms with van der Waals surface area (Å²) in [6.07, 6.45) is 5.00. The van der Waals surface area contributed by atoms with Crippen LogP contribution >= 0.6 is 0 Å². The van der Waals surface area contributed by atoms with Gasteiger partial charge in [0.05, 0.1) is 13.4 Å². The van der Waals surface area contributed by atoms with Gasteiger partial charge in [0.1, 0.15) is 17.6 Å². The van der Waals surface area contributed by atoms with Gasteiger partial charge >= 0.3 is 0 Å². The number of methoxy groups -OCH3 is 1. The fourth-order valence-electron chi connectivity index (χ4n) is 2.38. The molecule has 3 aromatic rings. The number of ether oxygens (including phenoxy) is 1. The molecule has 1 N–H and O–H groups in total. The Morgan fingerprint density at radius 3 is 2.87 bits per heavy atom. The molecule has 1 amide bonds. The molecule has 118 valence electrons. The molecule has 1 unspecified atom stereocenters. The molecule has 0 aliphatic carbocycles. The van der Waals surface area contributed by atoms with E-state index in [1.54, 1.807) is 25.4 Å². The number of carbonyl (C=O) groups excluding carboxylic acids is 1. The first kappa shape index (κ1) is 14.9. The molecule has 3 rings (SSSR count). The van der Waals surface area contributed by atoms with Crippen LogP contribution in [0.1, 0.15) is 28.0 Å². The quantitative estimate of drug-likeness (QED) is 0.786. The highest BCUT2D eigenvalue weighted by atomic mass is 16.5. The number of nitrogens with one attached hydrogen (secondary N) is 1. The van der Waals surface area contributed by atoms with Crippen molar-refractivity contribution in [1.82, 2.24) is 14.9 Å². The predicted octanol–water partition coefficient (Wildman–Crippen LogP) is 2.54. The Labute approximate surface area is 133 Å². The van der Waals surface area contributed by atoms with Crippen LogP contribution in [0.25, 0.3) is 0 Å². The Morgan fingerprint density at radius 2 is 2.22 bits per heavy atom. The van der Waals surface area contributed by atoms with E-state index >= 15 is 0 Å². The summed E-state index contributed by atoms with van der Waals surface area (Å²) in [6, 6.07) is 10.4. The van der Waals surface area contributed by atoms with Gasteiger partial charge in [0.15, 0.2) is 5.76 Å². The van der Waals surface area contributed by atoms with Crippen LogP contribution in [-0.4, -0.2) is 22.6 Å². The average Bonchev–Trinajstić information content (AvgIpc) is 3.24. The predicted molar refractivity (Wildman–Crippen MR) is 84.2 cm³/mol. The second-order valence-corrected chi connectivity index (χ2v) is 5.06. The molecule has 6 heteroatoms. The minimum atomic E-state index is -0.414. The van der Waals surface area contributed by atoms with E-state index in [-0.39, 0.29) is 11.7 Å². The van der Waals surface area contributed by atoms with Crippen molar-refractivity contribution in [3.8, 4) is 5.75 Å². The summed E-state index contributed by atoms with van der Waals surface area (Å²) >= 11 is 0. The smallest absolute Gasteiger partial charge is 0.287 e. The Morgan fingerprint density at radius 1 is 1.35 bits per heavy atom. The summed E-state index contributed by atoms with van der Waals surface area (Å²) in [4.78, 5) is 16.7. The van der Waals surface area contributed by atoms with Gasteiger partial charge < -0.3 is 19.0 Å². The van der Waals surface area contributed by atoms with Gasteiger partial charge in [-0.15, -0.1) is 0 Å². The van der Waals surface area contributed by atoms with Crippen LogP contribution in [0.3, 0.4) is 0 Å². The van der Waals surface area contributed by atoms with Crippen LogP contribution in [-0.2, 0) is 7.05 Å². The third-order valence-corrected chi connectivity index (χ3v) is 3.56. The number of imidazole rings is 1. The van der Waals surface area contributed by atoms with Crippen molar-refractivity contribution < 1.29 is 13.9 Å². The third kappa shape index (κ3) is 3.11. The van der Waals surface area contributed by atoms with Crippen molar-refractivity contribution in [2.24, 2.45) is 7.05 Å². The monoisotopic (exact) mass is 311 g/mol. The van der Waals surface area contributed by atoms with Crippen LogP contribution in [0.4, 0.5) is 0 Å². The number of hydrogen-bond acceptors (Lipinski definition) is 4. The number of rotatable bonds is 5. The molecule has 0 radical (unpaired) electrons. The zero-order valence-electron chi connectivity index (χ0n) is 12.9. The van der Waals surface area contributed by atoms with Gasteiger partial charge in [-0.3, -0.25) is 4.79 Å². The number of amides is 1. The molecule has 1 aromatic carbocycles. The molecule has 23 heavy (non-hydrogen) atoms. The number of nitrogens with zero attached hydrogens (tertiary/aromatic N) is 2. The first-order chi connectivity index (χ1) is 11.2. The lowest BCUT2D eigenvalue weighted by molar-refractivity contribution is 0.0913. The van der Waals surface area contributed by atoms with Gasteiger partial charge in [-0.2, -0.15) is 0 Å². The fraction of sp³-hybridized carbons (Fsp3) is 0.176. The van der Waals surface area contributed by atoms with Crippen molar-refractivity contribution in [2.75, 3.05) is 7.11 Å². The number of carbonyl (C=O) groups is 1. The zero-order valence-corrected chi connectivity index (χ0v) is 12.9. The van der Waals surface area contributed by atoms with E-state index < -0.39 is 6.04 Å². The average molecular weight is 311 g/mol. The SMILES string of the molecule is COc1cccc(C(NC(=O)c2ccco2)c2nccn2C)c1. The number of furan rings is 1. The lowest BCUT2D eigenvalue weighted by atomic mass is 10.1. The largest absolute Gasteiger partial charge is 0.497 e. The third-order valence-electron chi connectivity index (χ3n) is 3.56. The summed E-state index contributed by atoms with van der Waals surface area (Å²) in [7, 11) is 3.49. The van der Waals surface area contributed by atoms with Crippen molar-refractivity contribution in [1.29, 1.82) is 0 Å². The normalized spacial score (nSPS) is 11.9. The highest BCUT2D eigenvalue weighted by molar-refractivity contribution is 5.91. The molecule has 0 bridgehead atoms. The van der Waals surface area contributed by atoms with Gasteiger partial charge in [-0.25, -0.2) is 4.98 Å². The van der Waals surface area contributed by atoms with E-state index in [9.17, 15) is 4.79 Å². The summed E-state index contributed by atoms with van der Waals surface area (Å²) in [6.45, 7) is 0. The van der Waals surface area contributed by atoms with E-state index in [4.69, 9.17) is 9.15 Å². The summed E-state index contributed by atoms with van der Waals surface area (Å²) in [5, 5.41) is 2.96. The van der Waals surface area contributed by atoms with Gasteiger partial charge in [-0.05, 0) is 29.8 Å². The van der Waals surface area contributed by atoms with Gasteiger partial charge in [0.25, 0.3) is 5.91 Å². The highest BCUT2D eigenvalue weighted by Gasteiger charge is 2.22. The molecule has 0 fully saturated rings. The van der Waals surface area contributed by atoms with E-state index in [1.807, 2.05) is 42.1 Å². The maximum Gasteiger partial charge on any atom is 0.287 e. The van der Waals surface area contributed by atoms with Gasteiger partial charge in [-0.1, -0.05) is 12.1 Å². The van der Waals surface area contributed by atoms with E-state index in [2.05, 4.69) is 10.3 Å². The number of aryl methyl sites for hydroxylation is 1. The van der Waals surface area contributed by atoms with Gasteiger partial charge in [0.2, 0.25) is 0 Å². The van der Waals surface area contributed by atoms with E-state index in [1.165, 1.54) is 6.26 Å². The second kappa shape index (κ2) is 6.39. The summed E-state index contributed by atoms with van der Waals surface area (Å²) in [5.41, 5.74) is 0.874. The lowest BCUT2D eigenvalue weighted by Gasteiger charge is -2.19. The Kier molecular flexibility index (Phi) is 4.14. The number of hydrogen-bond donors (Lipinski definition) is 1. The molecular formula is C17H17N3O3. The Bertz CT molecular complexity index is 793. The zero-order chi connectivity index (χ0) is 16.2. The molecule has 0 saturated heterocycles. The first-order valence-electron chi connectivity index (χ1n) is 7.14. The highest BCUT2D eigenvalue weighted by Crippen LogP contribution is 2.24. The molecule has 0 saturated carbocycles. The van der Waals surface area contributed by atoms with Gasteiger partial charge in [0, 0.05) is 19.4 Å². The minimum absolute atomic E-state index is 0.257. The van der Waals surface area contributed by atoms with Crippen molar-refractivity contribution in [3.63, 3.8) is 0 Å². The van der Waals surface area contributed by atoms with Crippen molar-refractivity contribution >= 4 is 5.91 Å². The van der Waals surface area contributed by atoms with Crippen molar-refractivity contribution in [3.05, 3.63) is 72.2 Å². The van der Waals surface area contributed by atoms with Crippen molar-refractivity contribution in [2.45, 2.75) is 6.04 Å².